The van der Waals surface area contributed by atoms with E-state index in [0.717, 1.165) is 35.9 Å². The van der Waals surface area contributed by atoms with Crippen LogP contribution < -0.4 is 20.1 Å². The summed E-state index contributed by atoms with van der Waals surface area (Å²) in [7, 11) is 0. The second-order valence-electron chi connectivity index (χ2n) is 6.43. The number of aromatic nitrogens is 2. The summed E-state index contributed by atoms with van der Waals surface area (Å²) in [6, 6.07) is 4.45. The minimum Gasteiger partial charge on any atom is -0.454 e. The molecule has 1 aromatic heterocycles. The Hall–Kier alpha value is -2.68. The number of unbranched alkanes of at least 4 members (excludes halogenated alkanes) is 1. The number of anilines is 1. The fraction of sp³-hybridized carbons (Fsp3) is 0.421. The Morgan fingerprint density at radius 3 is 2.82 bits per heavy atom. The van der Waals surface area contributed by atoms with Crippen molar-refractivity contribution in [2.75, 3.05) is 17.9 Å². The number of benzene rings is 1. The summed E-state index contributed by atoms with van der Waals surface area (Å²) in [5.41, 5.74) is 2.58. The molecule has 8 nitrogen and oxygen atoms in total. The van der Waals surface area contributed by atoms with E-state index in [1.54, 1.807) is 18.2 Å². The lowest BCUT2D eigenvalue weighted by atomic mass is 10.3. The van der Waals surface area contributed by atoms with Crippen LogP contribution in [-0.2, 0) is 11.3 Å². The average molecular weight is 404 g/mol. The number of nitrogens with zero attached hydrogens (tertiary/aromatic N) is 2. The maximum Gasteiger partial charge on any atom is 0.325 e. The Kier molecular flexibility index (Phi) is 6.45. The van der Waals surface area contributed by atoms with Crippen molar-refractivity contribution in [1.29, 1.82) is 0 Å². The highest BCUT2D eigenvalue weighted by Crippen LogP contribution is 2.34. The quantitative estimate of drug-likeness (QED) is 0.686. The maximum absolute atomic E-state index is 12.1. The molecule has 1 aliphatic heterocycles. The van der Waals surface area contributed by atoms with E-state index in [-0.39, 0.29) is 18.5 Å². The SMILES string of the molecule is CCCCn1c(SCC(=O)NC(=O)Nc2ccc3c(c2)OCO3)nc(C)c1C. The zero-order valence-electron chi connectivity index (χ0n) is 16.2. The second kappa shape index (κ2) is 9.01. The first-order valence-corrected chi connectivity index (χ1v) is 10.1. The molecule has 0 aliphatic carbocycles. The number of imide groups is 1. The molecule has 0 atom stereocenters. The van der Waals surface area contributed by atoms with Crippen LogP contribution in [0.4, 0.5) is 10.5 Å². The van der Waals surface area contributed by atoms with Crippen LogP contribution in [0.15, 0.2) is 23.4 Å². The van der Waals surface area contributed by atoms with Crippen molar-refractivity contribution in [2.24, 2.45) is 0 Å². The van der Waals surface area contributed by atoms with Gasteiger partial charge in [0, 0.05) is 24.0 Å². The Morgan fingerprint density at radius 2 is 2.04 bits per heavy atom. The smallest absolute Gasteiger partial charge is 0.325 e. The van der Waals surface area contributed by atoms with Crippen LogP contribution in [-0.4, -0.2) is 34.0 Å². The molecule has 2 heterocycles. The molecule has 0 saturated heterocycles. The second-order valence-corrected chi connectivity index (χ2v) is 7.37. The number of amides is 3. The highest BCUT2D eigenvalue weighted by atomic mass is 32.2. The van der Waals surface area contributed by atoms with E-state index in [1.807, 2.05) is 13.8 Å². The van der Waals surface area contributed by atoms with Crippen molar-refractivity contribution in [3.63, 3.8) is 0 Å². The number of ether oxygens (including phenoxy) is 2. The van der Waals surface area contributed by atoms with Crippen molar-refractivity contribution in [1.82, 2.24) is 14.9 Å². The first-order chi connectivity index (χ1) is 13.5. The average Bonchev–Trinajstić information content (AvgIpc) is 3.23. The van der Waals surface area contributed by atoms with Gasteiger partial charge in [-0.2, -0.15) is 0 Å². The van der Waals surface area contributed by atoms with Gasteiger partial charge in [0.1, 0.15) is 0 Å². The van der Waals surface area contributed by atoms with E-state index >= 15 is 0 Å². The largest absolute Gasteiger partial charge is 0.454 e. The van der Waals surface area contributed by atoms with Crippen molar-refractivity contribution in [3.05, 3.63) is 29.6 Å². The van der Waals surface area contributed by atoms with Crippen molar-refractivity contribution < 1.29 is 19.1 Å². The van der Waals surface area contributed by atoms with E-state index in [1.165, 1.54) is 11.8 Å². The van der Waals surface area contributed by atoms with E-state index in [0.29, 0.717) is 17.2 Å². The lowest BCUT2D eigenvalue weighted by Crippen LogP contribution is -2.35. The molecule has 9 heteroatoms. The zero-order valence-corrected chi connectivity index (χ0v) is 17.0. The molecule has 3 amide bonds. The van der Waals surface area contributed by atoms with Crippen molar-refractivity contribution >= 4 is 29.4 Å². The number of hydrogen-bond donors (Lipinski definition) is 2. The summed E-state index contributed by atoms with van der Waals surface area (Å²) < 4.78 is 12.6. The number of imidazole rings is 1. The minimum absolute atomic E-state index is 0.108. The standard InChI is InChI=1S/C19H24N4O4S/c1-4-5-8-23-13(3)12(2)20-19(23)28-10-17(24)22-18(25)21-14-6-7-15-16(9-14)27-11-26-15/h6-7,9H,4-5,8,10-11H2,1-3H3,(H2,21,22,24,25). The number of thioether (sulfide) groups is 1. The van der Waals surface area contributed by atoms with Crippen molar-refractivity contribution in [2.45, 2.75) is 45.3 Å². The number of rotatable bonds is 7. The molecule has 0 spiro atoms. The van der Waals surface area contributed by atoms with Gasteiger partial charge in [0.15, 0.2) is 16.7 Å². The molecular formula is C19H24N4O4S. The molecule has 2 N–H and O–H groups in total. The Bertz CT molecular complexity index is 881. The number of carbonyl (C=O) groups is 2. The van der Waals surface area contributed by atoms with Crippen LogP contribution in [0.25, 0.3) is 0 Å². The first-order valence-electron chi connectivity index (χ1n) is 9.15. The van der Waals surface area contributed by atoms with Crippen LogP contribution in [0, 0.1) is 13.8 Å². The Labute approximate surface area is 168 Å². The van der Waals surface area contributed by atoms with Gasteiger partial charge >= 0.3 is 6.03 Å². The number of urea groups is 1. The lowest BCUT2D eigenvalue weighted by molar-refractivity contribution is -0.117. The van der Waals surface area contributed by atoms with Gasteiger partial charge in [0.25, 0.3) is 0 Å². The lowest BCUT2D eigenvalue weighted by Gasteiger charge is -2.09. The van der Waals surface area contributed by atoms with Gasteiger partial charge in [-0.25, -0.2) is 9.78 Å². The molecule has 150 valence electrons. The van der Waals surface area contributed by atoms with E-state index < -0.39 is 6.03 Å². The van der Waals surface area contributed by atoms with Crippen molar-refractivity contribution in [3.8, 4) is 11.5 Å². The summed E-state index contributed by atoms with van der Waals surface area (Å²) >= 11 is 1.33. The molecule has 0 saturated carbocycles. The van der Waals surface area contributed by atoms with Gasteiger partial charge in [-0.3, -0.25) is 10.1 Å². The monoisotopic (exact) mass is 404 g/mol. The highest BCUT2D eigenvalue weighted by Gasteiger charge is 2.16. The van der Waals surface area contributed by atoms with Gasteiger partial charge in [-0.05, 0) is 32.4 Å². The van der Waals surface area contributed by atoms with E-state index in [4.69, 9.17) is 9.47 Å². The van der Waals surface area contributed by atoms with Gasteiger partial charge in [-0.15, -0.1) is 0 Å². The third kappa shape index (κ3) is 4.78. The Balaban J connectivity index is 1.51. The third-order valence-corrected chi connectivity index (χ3v) is 5.35. The predicted octanol–water partition coefficient (Wildman–Crippen LogP) is 3.47. The summed E-state index contributed by atoms with van der Waals surface area (Å²) in [5.74, 6) is 0.909. The molecule has 2 aromatic rings. The van der Waals surface area contributed by atoms with Crippen LogP contribution in [0.5, 0.6) is 11.5 Å². The third-order valence-electron chi connectivity index (χ3n) is 4.37. The topological polar surface area (TPSA) is 94.5 Å². The Morgan fingerprint density at radius 1 is 1.25 bits per heavy atom. The normalized spacial score (nSPS) is 12.1. The molecule has 0 fully saturated rings. The number of hydrogen-bond acceptors (Lipinski definition) is 6. The summed E-state index contributed by atoms with van der Waals surface area (Å²) in [6.45, 7) is 7.16. The fourth-order valence-corrected chi connectivity index (χ4v) is 3.66. The summed E-state index contributed by atoms with van der Waals surface area (Å²) in [4.78, 5) is 28.7. The van der Waals surface area contributed by atoms with Crippen LogP contribution in [0.1, 0.15) is 31.2 Å². The predicted molar refractivity (Wildman–Crippen MR) is 107 cm³/mol. The summed E-state index contributed by atoms with van der Waals surface area (Å²) in [6.07, 6.45) is 2.13. The molecular weight excluding hydrogens is 380 g/mol. The minimum atomic E-state index is -0.592. The number of fused-ring (bicyclic) bond motifs is 1. The van der Waals surface area contributed by atoms with Gasteiger partial charge in [0.05, 0.1) is 11.4 Å². The molecule has 1 aromatic carbocycles. The fourth-order valence-electron chi connectivity index (χ4n) is 2.74. The highest BCUT2D eigenvalue weighted by molar-refractivity contribution is 7.99. The van der Waals surface area contributed by atoms with Crippen LogP contribution in [0.3, 0.4) is 0 Å². The molecule has 1 aliphatic rings. The van der Waals surface area contributed by atoms with Gasteiger partial charge in [-0.1, -0.05) is 25.1 Å². The van der Waals surface area contributed by atoms with E-state index in [9.17, 15) is 9.59 Å². The zero-order chi connectivity index (χ0) is 20.1. The van der Waals surface area contributed by atoms with Gasteiger partial charge in [0.2, 0.25) is 12.7 Å². The number of carbonyl (C=O) groups excluding carboxylic acids is 2. The van der Waals surface area contributed by atoms with Gasteiger partial charge < -0.3 is 19.4 Å². The van der Waals surface area contributed by atoms with E-state index in [2.05, 4.69) is 27.1 Å². The molecule has 0 unspecified atom stereocenters. The number of nitrogens with one attached hydrogen (secondary N) is 2. The number of aryl methyl sites for hydroxylation is 1. The molecule has 3 rings (SSSR count). The molecule has 0 bridgehead atoms. The van der Waals surface area contributed by atoms with Crippen LogP contribution in [0.2, 0.25) is 0 Å². The molecule has 28 heavy (non-hydrogen) atoms. The molecule has 0 radical (unpaired) electrons. The summed E-state index contributed by atoms with van der Waals surface area (Å²) in [5, 5.41) is 5.75. The maximum atomic E-state index is 12.1. The first kappa shape index (κ1) is 20.1. The van der Waals surface area contributed by atoms with Crippen LogP contribution >= 0.6 is 11.8 Å².